The van der Waals surface area contributed by atoms with Gasteiger partial charge in [-0.1, -0.05) is 0 Å². The fourth-order valence-electron chi connectivity index (χ4n) is 2.53. The monoisotopic (exact) mass is 312 g/mol. The molecular weight excluding hydrogens is 292 g/mol. The smallest absolute Gasteiger partial charge is 0.357 e. The second kappa shape index (κ2) is 6.88. The van der Waals surface area contributed by atoms with E-state index in [0.29, 0.717) is 0 Å². The van der Waals surface area contributed by atoms with Crippen LogP contribution in [0.2, 0.25) is 0 Å². The van der Waals surface area contributed by atoms with Crippen LogP contribution in [0.25, 0.3) is 5.69 Å². The molecule has 2 N–H and O–H groups in total. The molecule has 2 aromatic rings. The molecule has 1 aromatic heterocycles. The molecule has 0 saturated carbocycles. The average molecular weight is 312 g/mol. The van der Waals surface area contributed by atoms with E-state index < -0.39 is 5.97 Å². The van der Waals surface area contributed by atoms with Crippen molar-refractivity contribution in [1.82, 2.24) is 4.57 Å². The summed E-state index contributed by atoms with van der Waals surface area (Å²) >= 11 is 0. The Morgan fingerprint density at radius 1 is 1.30 bits per heavy atom. The van der Waals surface area contributed by atoms with Gasteiger partial charge in [-0.3, -0.25) is 0 Å². The van der Waals surface area contributed by atoms with Gasteiger partial charge < -0.3 is 19.9 Å². The molecule has 6 nitrogen and oxygen atoms in total. The minimum absolute atomic E-state index is 0.132. The van der Waals surface area contributed by atoms with E-state index in [4.69, 9.17) is 15.7 Å². The lowest BCUT2D eigenvalue weighted by Crippen LogP contribution is -2.21. The average Bonchev–Trinajstić information content (AvgIpc) is 2.92. The van der Waals surface area contributed by atoms with Crippen LogP contribution in [0.5, 0.6) is 0 Å². The van der Waals surface area contributed by atoms with E-state index in [1.165, 1.54) is 7.11 Å². The zero-order valence-electron chi connectivity index (χ0n) is 13.5. The number of methoxy groups -OCH3 is 1. The molecule has 0 amide bonds. The molecule has 0 fully saturated rings. The third-order valence-corrected chi connectivity index (χ3v) is 3.80. The number of benzene rings is 1. The van der Waals surface area contributed by atoms with Gasteiger partial charge in [-0.05, 0) is 38.1 Å². The van der Waals surface area contributed by atoms with Crippen molar-refractivity contribution < 1.29 is 9.53 Å². The van der Waals surface area contributed by atoms with Gasteiger partial charge >= 0.3 is 5.97 Å². The summed E-state index contributed by atoms with van der Waals surface area (Å²) in [6.07, 6.45) is 1.55. The number of carbonyl (C=O) groups is 1. The van der Waals surface area contributed by atoms with E-state index in [0.717, 1.165) is 24.5 Å². The van der Waals surface area contributed by atoms with Gasteiger partial charge in [0.2, 0.25) is 0 Å². The molecule has 0 radical (unpaired) electrons. The molecule has 120 valence electrons. The van der Waals surface area contributed by atoms with Gasteiger partial charge in [-0.15, -0.1) is 0 Å². The maximum absolute atomic E-state index is 12.0. The van der Waals surface area contributed by atoms with Crippen molar-refractivity contribution in [3.8, 4) is 11.8 Å². The third kappa shape index (κ3) is 2.99. The van der Waals surface area contributed by atoms with Gasteiger partial charge in [-0.25, -0.2) is 4.79 Å². The van der Waals surface area contributed by atoms with E-state index in [2.05, 4.69) is 18.7 Å². The number of ether oxygens (including phenoxy) is 1. The van der Waals surface area contributed by atoms with Crippen LogP contribution in [0.15, 0.2) is 30.5 Å². The van der Waals surface area contributed by atoms with Gasteiger partial charge in [-0.2, -0.15) is 5.26 Å². The third-order valence-electron chi connectivity index (χ3n) is 3.80. The summed E-state index contributed by atoms with van der Waals surface area (Å²) in [5.74, 6) is -0.572. The molecule has 0 aliphatic rings. The second-order valence-corrected chi connectivity index (χ2v) is 4.97. The van der Waals surface area contributed by atoms with E-state index in [-0.39, 0.29) is 16.9 Å². The lowest BCUT2D eigenvalue weighted by Gasteiger charge is -2.21. The van der Waals surface area contributed by atoms with Gasteiger partial charge in [0, 0.05) is 30.7 Å². The van der Waals surface area contributed by atoms with Crippen molar-refractivity contribution in [2.75, 3.05) is 30.8 Å². The fourth-order valence-corrected chi connectivity index (χ4v) is 2.53. The summed E-state index contributed by atoms with van der Waals surface area (Å²) in [5, 5.41) is 9.14. The molecule has 6 heteroatoms. The lowest BCUT2D eigenvalue weighted by atomic mass is 10.2. The van der Waals surface area contributed by atoms with Crippen LogP contribution < -0.4 is 10.6 Å². The molecule has 0 aliphatic carbocycles. The molecule has 1 heterocycles. The predicted molar refractivity (Wildman–Crippen MR) is 89.8 cm³/mol. The SMILES string of the molecule is CCN(CC)c1ccc(-n2cc(C#N)c(N)c2C(=O)OC)cc1. The molecule has 23 heavy (non-hydrogen) atoms. The molecule has 2 rings (SSSR count). The number of anilines is 2. The number of hydrogen-bond donors (Lipinski definition) is 1. The summed E-state index contributed by atoms with van der Waals surface area (Å²) in [6, 6.07) is 9.73. The first-order valence-corrected chi connectivity index (χ1v) is 7.41. The number of nitrogen functional groups attached to an aromatic ring is 1. The van der Waals surface area contributed by atoms with Crippen LogP contribution in [-0.2, 0) is 4.74 Å². The van der Waals surface area contributed by atoms with Gasteiger partial charge in [0.05, 0.1) is 18.4 Å². The van der Waals surface area contributed by atoms with Crippen LogP contribution >= 0.6 is 0 Å². The first kappa shape index (κ1) is 16.4. The zero-order valence-corrected chi connectivity index (χ0v) is 13.5. The minimum atomic E-state index is -0.572. The van der Waals surface area contributed by atoms with Crippen molar-refractivity contribution in [3.05, 3.63) is 41.7 Å². The van der Waals surface area contributed by atoms with E-state index in [1.54, 1.807) is 10.8 Å². The van der Waals surface area contributed by atoms with E-state index in [1.807, 2.05) is 30.3 Å². The van der Waals surface area contributed by atoms with Crippen LogP contribution in [-0.4, -0.2) is 30.7 Å². The number of nitriles is 1. The Morgan fingerprint density at radius 3 is 2.39 bits per heavy atom. The molecule has 0 saturated heterocycles. The highest BCUT2D eigenvalue weighted by Crippen LogP contribution is 2.26. The Kier molecular flexibility index (Phi) is 4.91. The van der Waals surface area contributed by atoms with Crippen LogP contribution in [0.1, 0.15) is 29.9 Å². The number of nitrogens with zero attached hydrogens (tertiary/aromatic N) is 3. The molecule has 0 bridgehead atoms. The minimum Gasteiger partial charge on any atom is -0.464 e. The Hall–Kier alpha value is -2.94. The summed E-state index contributed by atoms with van der Waals surface area (Å²) in [5.41, 5.74) is 8.28. The largest absolute Gasteiger partial charge is 0.464 e. The van der Waals surface area contributed by atoms with Crippen molar-refractivity contribution in [1.29, 1.82) is 5.26 Å². The molecular formula is C17H20N4O2. The Morgan fingerprint density at radius 2 is 1.91 bits per heavy atom. The second-order valence-electron chi connectivity index (χ2n) is 4.97. The number of esters is 1. The number of aromatic nitrogens is 1. The Labute approximate surface area is 135 Å². The van der Waals surface area contributed by atoms with Crippen molar-refractivity contribution >= 4 is 17.3 Å². The van der Waals surface area contributed by atoms with E-state index >= 15 is 0 Å². The normalized spacial score (nSPS) is 10.2. The highest BCUT2D eigenvalue weighted by atomic mass is 16.5. The summed E-state index contributed by atoms with van der Waals surface area (Å²) < 4.78 is 6.37. The quantitative estimate of drug-likeness (QED) is 0.858. The molecule has 0 atom stereocenters. The first-order valence-electron chi connectivity index (χ1n) is 7.41. The highest BCUT2D eigenvalue weighted by Gasteiger charge is 2.21. The van der Waals surface area contributed by atoms with Gasteiger partial charge in [0.1, 0.15) is 6.07 Å². The summed E-state index contributed by atoms with van der Waals surface area (Å²) in [6.45, 7) is 6.02. The summed E-state index contributed by atoms with van der Waals surface area (Å²) in [4.78, 5) is 14.2. The maximum atomic E-state index is 12.0. The highest BCUT2D eigenvalue weighted by molar-refractivity contribution is 5.95. The standard InChI is InChI=1S/C17H20N4O2/c1-4-20(5-2)13-6-8-14(9-7-13)21-11-12(10-18)15(19)16(21)17(22)23-3/h6-9,11H,4-5,19H2,1-3H3. The van der Waals surface area contributed by atoms with Crippen molar-refractivity contribution in [2.45, 2.75) is 13.8 Å². The number of carbonyl (C=O) groups excluding carboxylic acids is 1. The lowest BCUT2D eigenvalue weighted by molar-refractivity contribution is 0.0593. The van der Waals surface area contributed by atoms with E-state index in [9.17, 15) is 4.79 Å². The predicted octanol–water partition coefficient (Wildman–Crippen LogP) is 2.56. The van der Waals surface area contributed by atoms with Crippen LogP contribution in [0.4, 0.5) is 11.4 Å². The first-order chi connectivity index (χ1) is 11.1. The topological polar surface area (TPSA) is 84.3 Å². The fraction of sp³-hybridized carbons (Fsp3) is 0.294. The van der Waals surface area contributed by atoms with Gasteiger partial charge in [0.25, 0.3) is 0 Å². The number of rotatable bonds is 5. The Bertz CT molecular complexity index is 737. The van der Waals surface area contributed by atoms with Crippen molar-refractivity contribution in [2.24, 2.45) is 0 Å². The maximum Gasteiger partial charge on any atom is 0.357 e. The molecule has 1 aromatic carbocycles. The molecule has 0 aliphatic heterocycles. The number of hydrogen-bond acceptors (Lipinski definition) is 5. The summed E-state index contributed by atoms with van der Waals surface area (Å²) in [7, 11) is 1.29. The van der Waals surface area contributed by atoms with Crippen molar-refractivity contribution in [3.63, 3.8) is 0 Å². The molecule has 0 unspecified atom stereocenters. The van der Waals surface area contributed by atoms with Crippen LogP contribution in [0.3, 0.4) is 0 Å². The zero-order chi connectivity index (χ0) is 17.0. The Balaban J connectivity index is 2.50. The number of nitrogens with two attached hydrogens (primary N) is 1. The van der Waals surface area contributed by atoms with Crippen LogP contribution in [0, 0.1) is 11.3 Å². The van der Waals surface area contributed by atoms with Gasteiger partial charge in [0.15, 0.2) is 5.69 Å². The molecule has 0 spiro atoms.